The quantitative estimate of drug-likeness (QED) is 0.677. The van der Waals surface area contributed by atoms with E-state index in [2.05, 4.69) is 22.4 Å². The number of nitrogens with zero attached hydrogens (tertiary/aromatic N) is 2. The SMILES string of the molecule is CCCCC(CN)NC(=O)c1ccccc1SCc1nc(C)no1. The van der Waals surface area contributed by atoms with Gasteiger partial charge in [-0.3, -0.25) is 4.79 Å². The number of hydrogen-bond acceptors (Lipinski definition) is 6. The third-order valence-corrected chi connectivity index (χ3v) is 4.64. The number of nitrogens with one attached hydrogen (secondary N) is 1. The number of nitrogens with two attached hydrogens (primary N) is 1. The lowest BCUT2D eigenvalue weighted by Crippen LogP contribution is -2.40. The molecule has 0 saturated carbocycles. The van der Waals surface area contributed by atoms with Crippen LogP contribution in [0.2, 0.25) is 0 Å². The van der Waals surface area contributed by atoms with Gasteiger partial charge in [0.1, 0.15) is 0 Å². The van der Waals surface area contributed by atoms with Gasteiger partial charge >= 0.3 is 0 Å². The highest BCUT2D eigenvalue weighted by atomic mass is 32.2. The van der Waals surface area contributed by atoms with Crippen LogP contribution in [-0.4, -0.2) is 28.6 Å². The Kier molecular flexibility index (Phi) is 7.27. The van der Waals surface area contributed by atoms with Gasteiger partial charge in [0.25, 0.3) is 5.91 Å². The molecule has 1 unspecified atom stereocenters. The number of benzene rings is 1. The minimum atomic E-state index is -0.0913. The molecule has 0 bridgehead atoms. The molecule has 1 heterocycles. The van der Waals surface area contributed by atoms with Crippen LogP contribution in [0.15, 0.2) is 33.7 Å². The summed E-state index contributed by atoms with van der Waals surface area (Å²) in [6.45, 7) is 4.35. The van der Waals surface area contributed by atoms with Crippen molar-refractivity contribution in [3.8, 4) is 0 Å². The van der Waals surface area contributed by atoms with Crippen molar-refractivity contribution in [1.29, 1.82) is 0 Å². The topological polar surface area (TPSA) is 94.0 Å². The van der Waals surface area contributed by atoms with Crippen LogP contribution in [0.3, 0.4) is 0 Å². The highest BCUT2D eigenvalue weighted by Crippen LogP contribution is 2.26. The summed E-state index contributed by atoms with van der Waals surface area (Å²) >= 11 is 1.51. The van der Waals surface area contributed by atoms with Gasteiger partial charge in [0.05, 0.1) is 11.3 Å². The molecule has 6 nitrogen and oxygen atoms in total. The number of carbonyl (C=O) groups excluding carboxylic acids is 1. The van der Waals surface area contributed by atoms with Gasteiger partial charge in [-0.1, -0.05) is 37.1 Å². The van der Waals surface area contributed by atoms with Crippen LogP contribution < -0.4 is 11.1 Å². The van der Waals surface area contributed by atoms with Crippen LogP contribution in [0, 0.1) is 6.92 Å². The maximum absolute atomic E-state index is 12.6. The van der Waals surface area contributed by atoms with E-state index in [1.54, 1.807) is 6.92 Å². The van der Waals surface area contributed by atoms with E-state index in [1.807, 2.05) is 24.3 Å². The normalized spacial score (nSPS) is 12.1. The average Bonchev–Trinajstić information content (AvgIpc) is 3.02. The van der Waals surface area contributed by atoms with Gasteiger partial charge in [0.15, 0.2) is 5.82 Å². The van der Waals surface area contributed by atoms with E-state index in [0.29, 0.717) is 29.6 Å². The number of carbonyl (C=O) groups is 1. The highest BCUT2D eigenvalue weighted by molar-refractivity contribution is 7.98. The first-order chi connectivity index (χ1) is 11.6. The summed E-state index contributed by atoms with van der Waals surface area (Å²) in [5, 5.41) is 6.80. The summed E-state index contributed by atoms with van der Waals surface area (Å²) in [6, 6.07) is 7.53. The molecule has 1 aromatic heterocycles. The molecule has 0 radical (unpaired) electrons. The lowest BCUT2D eigenvalue weighted by Gasteiger charge is -2.17. The molecule has 1 aromatic carbocycles. The Hall–Kier alpha value is -1.86. The minimum absolute atomic E-state index is 0.00842. The number of rotatable bonds is 9. The second-order valence-corrected chi connectivity index (χ2v) is 6.59. The molecular formula is C17H24N4O2S. The van der Waals surface area contributed by atoms with Gasteiger partial charge < -0.3 is 15.6 Å². The Morgan fingerprint density at radius 2 is 2.21 bits per heavy atom. The van der Waals surface area contributed by atoms with Crippen LogP contribution in [0.25, 0.3) is 0 Å². The summed E-state index contributed by atoms with van der Waals surface area (Å²) < 4.78 is 5.11. The van der Waals surface area contributed by atoms with Crippen molar-refractivity contribution in [2.75, 3.05) is 6.54 Å². The van der Waals surface area contributed by atoms with Crippen molar-refractivity contribution < 1.29 is 9.32 Å². The Bertz CT molecular complexity index is 660. The first-order valence-electron chi connectivity index (χ1n) is 8.16. The summed E-state index contributed by atoms with van der Waals surface area (Å²) in [4.78, 5) is 17.6. The minimum Gasteiger partial charge on any atom is -0.348 e. The van der Waals surface area contributed by atoms with Gasteiger partial charge in [-0.2, -0.15) is 4.98 Å². The number of hydrogen-bond donors (Lipinski definition) is 2. The third kappa shape index (κ3) is 5.35. The molecule has 24 heavy (non-hydrogen) atoms. The molecule has 2 rings (SSSR count). The smallest absolute Gasteiger partial charge is 0.252 e. The highest BCUT2D eigenvalue weighted by Gasteiger charge is 2.16. The molecule has 0 aliphatic rings. The van der Waals surface area contributed by atoms with E-state index in [0.717, 1.165) is 24.2 Å². The van der Waals surface area contributed by atoms with Crippen LogP contribution in [0.4, 0.5) is 0 Å². The van der Waals surface area contributed by atoms with E-state index in [-0.39, 0.29) is 11.9 Å². The van der Waals surface area contributed by atoms with Gasteiger partial charge in [-0.05, 0) is 25.5 Å². The Balaban J connectivity index is 2.02. The zero-order valence-corrected chi connectivity index (χ0v) is 14.9. The molecule has 0 aliphatic heterocycles. The molecule has 3 N–H and O–H groups in total. The fraction of sp³-hybridized carbons (Fsp3) is 0.471. The van der Waals surface area contributed by atoms with Crippen LogP contribution in [-0.2, 0) is 5.75 Å². The summed E-state index contributed by atoms with van der Waals surface area (Å²) in [5.74, 6) is 1.60. The Morgan fingerprint density at radius 1 is 1.42 bits per heavy atom. The molecule has 0 fully saturated rings. The lowest BCUT2D eigenvalue weighted by molar-refractivity contribution is 0.0933. The summed E-state index contributed by atoms with van der Waals surface area (Å²) in [6.07, 6.45) is 3.03. The van der Waals surface area contributed by atoms with Crippen molar-refractivity contribution in [1.82, 2.24) is 15.5 Å². The van der Waals surface area contributed by atoms with E-state index in [1.165, 1.54) is 11.8 Å². The van der Waals surface area contributed by atoms with Crippen molar-refractivity contribution in [2.24, 2.45) is 5.73 Å². The zero-order valence-electron chi connectivity index (χ0n) is 14.1. The molecular weight excluding hydrogens is 324 g/mol. The van der Waals surface area contributed by atoms with Crippen LogP contribution in [0.1, 0.15) is 48.3 Å². The van der Waals surface area contributed by atoms with Crippen LogP contribution in [0.5, 0.6) is 0 Å². The van der Waals surface area contributed by atoms with Crippen molar-refractivity contribution in [3.63, 3.8) is 0 Å². The number of aryl methyl sites for hydroxylation is 1. The van der Waals surface area contributed by atoms with Gasteiger partial charge in [-0.25, -0.2) is 0 Å². The van der Waals surface area contributed by atoms with Gasteiger partial charge in [0, 0.05) is 17.5 Å². The average molecular weight is 348 g/mol. The molecule has 2 aromatic rings. The first kappa shape index (κ1) is 18.5. The molecule has 1 atom stereocenters. The number of amides is 1. The van der Waals surface area contributed by atoms with Crippen molar-refractivity contribution in [3.05, 3.63) is 41.5 Å². The fourth-order valence-corrected chi connectivity index (χ4v) is 3.17. The Labute approximate surface area is 146 Å². The maximum atomic E-state index is 12.6. The van der Waals surface area contributed by atoms with E-state index in [4.69, 9.17) is 10.3 Å². The van der Waals surface area contributed by atoms with E-state index < -0.39 is 0 Å². The van der Waals surface area contributed by atoms with Gasteiger partial charge in [-0.15, -0.1) is 11.8 Å². The Morgan fingerprint density at radius 3 is 2.88 bits per heavy atom. The van der Waals surface area contributed by atoms with Gasteiger partial charge in [0.2, 0.25) is 5.89 Å². The predicted molar refractivity (Wildman–Crippen MR) is 94.9 cm³/mol. The lowest BCUT2D eigenvalue weighted by atomic mass is 10.1. The summed E-state index contributed by atoms with van der Waals surface area (Å²) in [5.41, 5.74) is 6.41. The number of thioether (sulfide) groups is 1. The predicted octanol–water partition coefficient (Wildman–Crippen LogP) is 2.92. The maximum Gasteiger partial charge on any atom is 0.252 e. The zero-order chi connectivity index (χ0) is 17.4. The second-order valence-electron chi connectivity index (χ2n) is 5.57. The first-order valence-corrected chi connectivity index (χ1v) is 9.14. The van der Waals surface area contributed by atoms with Crippen LogP contribution >= 0.6 is 11.8 Å². The third-order valence-electron chi connectivity index (χ3n) is 3.58. The standard InChI is InChI=1S/C17H24N4O2S/c1-3-4-7-13(10-18)20-17(22)14-8-5-6-9-15(14)24-11-16-19-12(2)21-23-16/h5-6,8-9,13H,3-4,7,10-11,18H2,1-2H3,(H,20,22). The molecule has 130 valence electrons. The van der Waals surface area contributed by atoms with E-state index >= 15 is 0 Å². The largest absolute Gasteiger partial charge is 0.348 e. The molecule has 0 saturated heterocycles. The second kappa shape index (κ2) is 9.44. The van der Waals surface area contributed by atoms with Crippen molar-refractivity contribution in [2.45, 2.75) is 49.8 Å². The number of aromatic nitrogens is 2. The molecule has 7 heteroatoms. The van der Waals surface area contributed by atoms with Crippen molar-refractivity contribution >= 4 is 17.7 Å². The van der Waals surface area contributed by atoms with E-state index in [9.17, 15) is 4.79 Å². The molecule has 0 aliphatic carbocycles. The summed E-state index contributed by atoms with van der Waals surface area (Å²) in [7, 11) is 0. The molecule has 1 amide bonds. The monoisotopic (exact) mass is 348 g/mol. The fourth-order valence-electron chi connectivity index (χ4n) is 2.28. The molecule has 0 spiro atoms. The number of unbranched alkanes of at least 4 members (excludes halogenated alkanes) is 1.